The highest BCUT2D eigenvalue weighted by Crippen LogP contribution is 2.51. The maximum atomic E-state index is 12.3. The molecule has 1 aromatic heterocycles. The molecule has 284 valence electrons. The minimum absolute atomic E-state index is 0.100. The van der Waals surface area contributed by atoms with Crippen LogP contribution in [0.2, 0.25) is 0 Å². The van der Waals surface area contributed by atoms with Crippen molar-refractivity contribution >= 4 is 14.8 Å². The van der Waals surface area contributed by atoms with Crippen molar-refractivity contribution in [2.75, 3.05) is 27.4 Å². The average Bonchev–Trinajstić information content (AvgIpc) is 3.79. The van der Waals surface area contributed by atoms with Crippen LogP contribution in [-0.2, 0) is 24.1 Å². The molecule has 1 aliphatic heterocycles. The largest absolute Gasteiger partial charge is 0.497 e. The molecular formula is C43H50N3O7P. The first kappa shape index (κ1) is 40.7. The zero-order valence-electron chi connectivity index (χ0n) is 32.1. The number of benzene rings is 3. The van der Waals surface area contributed by atoms with E-state index in [1.807, 2.05) is 77.5 Å². The molecule has 0 bridgehead atoms. The van der Waals surface area contributed by atoms with E-state index in [9.17, 15) is 10.1 Å². The van der Waals surface area contributed by atoms with Crippen LogP contribution in [-0.4, -0.2) is 67.2 Å². The van der Waals surface area contributed by atoms with Gasteiger partial charge in [-0.25, -0.2) is 4.67 Å². The summed E-state index contributed by atoms with van der Waals surface area (Å²) < 4.78 is 42.5. The number of aromatic nitrogens is 1. The van der Waals surface area contributed by atoms with Crippen molar-refractivity contribution in [1.29, 1.82) is 5.26 Å². The normalized spacial score (nSPS) is 17.6. The van der Waals surface area contributed by atoms with Crippen LogP contribution in [0.1, 0.15) is 86.4 Å². The fourth-order valence-electron chi connectivity index (χ4n) is 6.88. The van der Waals surface area contributed by atoms with E-state index in [0.717, 1.165) is 40.0 Å². The molecule has 0 saturated carbocycles. The molecule has 0 amide bonds. The van der Waals surface area contributed by atoms with Gasteiger partial charge in [-0.3, -0.25) is 4.79 Å². The first-order chi connectivity index (χ1) is 26.2. The van der Waals surface area contributed by atoms with E-state index in [1.54, 1.807) is 27.2 Å². The molecule has 1 fully saturated rings. The van der Waals surface area contributed by atoms with Gasteiger partial charge in [-0.15, -0.1) is 5.92 Å². The van der Waals surface area contributed by atoms with Crippen LogP contribution < -0.4 is 9.47 Å². The predicted octanol–water partition coefficient (Wildman–Crippen LogP) is 8.65. The maximum Gasteiger partial charge on any atom is 0.259 e. The molecule has 2 heterocycles. The van der Waals surface area contributed by atoms with Crippen LogP contribution in [0.3, 0.4) is 0 Å². The lowest BCUT2D eigenvalue weighted by atomic mass is 9.80. The summed E-state index contributed by atoms with van der Waals surface area (Å²) in [7, 11) is 1.67. The Labute approximate surface area is 320 Å². The summed E-state index contributed by atoms with van der Waals surface area (Å²) in [5.74, 6) is 7.42. The van der Waals surface area contributed by atoms with Crippen LogP contribution in [0.15, 0.2) is 91.1 Å². The Balaban J connectivity index is 1.60. The number of hydrogen-bond donors (Lipinski definition) is 0. The summed E-state index contributed by atoms with van der Waals surface area (Å²) in [5.41, 5.74) is 2.76. The second-order valence-electron chi connectivity index (χ2n) is 13.4. The molecule has 4 aromatic rings. The summed E-state index contributed by atoms with van der Waals surface area (Å²) in [6.07, 6.45) is 1.65. The number of methoxy groups -OCH3 is 2. The fraction of sp³-hybridized carbons (Fsp3) is 0.395. The minimum Gasteiger partial charge on any atom is -0.497 e. The second kappa shape index (κ2) is 19.2. The van der Waals surface area contributed by atoms with Gasteiger partial charge in [0.15, 0.2) is 6.29 Å². The second-order valence-corrected chi connectivity index (χ2v) is 14.8. The van der Waals surface area contributed by atoms with Gasteiger partial charge in [-0.1, -0.05) is 60.5 Å². The van der Waals surface area contributed by atoms with Crippen LogP contribution in [0.25, 0.3) is 0 Å². The van der Waals surface area contributed by atoms with E-state index in [2.05, 4.69) is 62.4 Å². The highest BCUT2D eigenvalue weighted by Gasteiger charge is 2.45. The van der Waals surface area contributed by atoms with Gasteiger partial charge in [-0.05, 0) is 81.6 Å². The van der Waals surface area contributed by atoms with Crippen LogP contribution in [0.4, 0.5) is 0 Å². The zero-order chi connectivity index (χ0) is 38.7. The highest BCUT2D eigenvalue weighted by molar-refractivity contribution is 7.44. The van der Waals surface area contributed by atoms with Crippen molar-refractivity contribution in [1.82, 2.24) is 9.24 Å². The third-order valence-electron chi connectivity index (χ3n) is 9.29. The fourth-order valence-corrected chi connectivity index (χ4v) is 8.63. The molecule has 4 atom stereocenters. The van der Waals surface area contributed by atoms with Gasteiger partial charge in [0, 0.05) is 30.3 Å². The van der Waals surface area contributed by atoms with Crippen LogP contribution in [0, 0.1) is 23.2 Å². The van der Waals surface area contributed by atoms with E-state index in [1.165, 1.54) is 0 Å². The van der Waals surface area contributed by atoms with Crippen molar-refractivity contribution in [2.45, 2.75) is 83.6 Å². The van der Waals surface area contributed by atoms with E-state index < -0.39 is 32.6 Å². The minimum atomic E-state index is -1.62. The SMILES string of the molecule is CC#Cc1cc(C=O)n([C@H]2C[C@H](OP(OCCC#N)N(C(C)C)C(C)C)[C@@H](COC(c3ccccc3)(c3ccc(OC)cc3)c3ccc(OC)cc3)O2)c1. The van der Waals surface area contributed by atoms with Gasteiger partial charge in [0.1, 0.15) is 29.4 Å². The number of nitriles is 1. The highest BCUT2D eigenvalue weighted by atomic mass is 31.2. The maximum absolute atomic E-state index is 12.3. The molecule has 0 spiro atoms. The Kier molecular flexibility index (Phi) is 14.5. The average molecular weight is 752 g/mol. The summed E-state index contributed by atoms with van der Waals surface area (Å²) in [4.78, 5) is 12.3. The van der Waals surface area contributed by atoms with Gasteiger partial charge in [-0.2, -0.15) is 5.26 Å². The molecule has 0 aliphatic carbocycles. The van der Waals surface area contributed by atoms with Crippen LogP contribution >= 0.6 is 8.53 Å². The Morgan fingerprint density at radius 3 is 2.06 bits per heavy atom. The van der Waals surface area contributed by atoms with E-state index >= 15 is 0 Å². The topological polar surface area (TPSA) is 104 Å². The summed E-state index contributed by atoms with van der Waals surface area (Å²) in [6.45, 7) is 10.5. The van der Waals surface area contributed by atoms with Gasteiger partial charge in [0.2, 0.25) is 0 Å². The molecule has 1 saturated heterocycles. The Bertz CT molecular complexity index is 1840. The molecule has 1 aliphatic rings. The molecule has 3 aromatic carbocycles. The summed E-state index contributed by atoms with van der Waals surface area (Å²) in [5, 5.41) is 9.33. The van der Waals surface area contributed by atoms with Crippen molar-refractivity contribution in [3.05, 3.63) is 119 Å². The number of carbonyl (C=O) groups excluding carboxylic acids is 1. The Hall–Kier alpha value is -4.51. The smallest absolute Gasteiger partial charge is 0.259 e. The number of aldehydes is 1. The molecule has 1 unspecified atom stereocenters. The van der Waals surface area contributed by atoms with Gasteiger partial charge in [0.25, 0.3) is 8.53 Å². The van der Waals surface area contributed by atoms with Crippen molar-refractivity contribution in [2.24, 2.45) is 0 Å². The number of ether oxygens (including phenoxy) is 4. The first-order valence-corrected chi connectivity index (χ1v) is 19.3. The molecular weight excluding hydrogens is 701 g/mol. The number of rotatable bonds is 18. The number of carbonyl (C=O) groups is 1. The van der Waals surface area contributed by atoms with E-state index in [-0.39, 0.29) is 31.7 Å². The van der Waals surface area contributed by atoms with E-state index in [4.69, 9.17) is 28.0 Å². The van der Waals surface area contributed by atoms with Crippen molar-refractivity contribution in [3.8, 4) is 29.4 Å². The van der Waals surface area contributed by atoms with Crippen LogP contribution in [0.5, 0.6) is 11.5 Å². The molecule has 5 rings (SSSR count). The molecule has 0 radical (unpaired) electrons. The van der Waals surface area contributed by atoms with Crippen molar-refractivity contribution in [3.63, 3.8) is 0 Å². The van der Waals surface area contributed by atoms with Gasteiger partial charge in [0.05, 0.1) is 51.7 Å². The monoisotopic (exact) mass is 751 g/mol. The van der Waals surface area contributed by atoms with E-state index in [0.29, 0.717) is 12.1 Å². The summed E-state index contributed by atoms with van der Waals surface area (Å²) in [6, 6.07) is 30.0. The third-order valence-corrected chi connectivity index (χ3v) is 11.4. The number of hydrogen-bond acceptors (Lipinski definition) is 9. The molecule has 10 nitrogen and oxygen atoms in total. The summed E-state index contributed by atoms with van der Waals surface area (Å²) >= 11 is 0. The van der Waals surface area contributed by atoms with Crippen molar-refractivity contribution < 1.29 is 32.8 Å². The molecule has 0 N–H and O–H groups in total. The Morgan fingerprint density at radius 2 is 1.54 bits per heavy atom. The predicted molar refractivity (Wildman–Crippen MR) is 209 cm³/mol. The quantitative estimate of drug-likeness (QED) is 0.0325. The molecule has 11 heteroatoms. The zero-order valence-corrected chi connectivity index (χ0v) is 33.0. The lowest BCUT2D eigenvalue weighted by Gasteiger charge is -2.39. The standard InChI is InChI=1S/C43H50N3O7P/c1-8-13-33-26-37(29-47)45(28-33)42-27-40(53-54(51-25-12-24-44)46(31(2)3)32(4)5)41(52-42)30-50-43(34-14-10-9-11-15-34,35-16-20-38(48-6)21-17-35)36-18-22-39(49-7)23-19-36/h9-11,14-23,26,28-29,31-32,40-42H,12,25,27,30H2,1-7H3/t40-,41+,42+,54?/m0/s1. The lowest BCUT2D eigenvalue weighted by Crippen LogP contribution is -2.39. The van der Waals surface area contributed by atoms with Gasteiger partial charge < -0.3 is 32.6 Å². The number of nitrogens with zero attached hydrogens (tertiary/aromatic N) is 3. The first-order valence-electron chi connectivity index (χ1n) is 18.2. The third kappa shape index (κ3) is 9.22. The lowest BCUT2D eigenvalue weighted by molar-refractivity contribution is -0.0918. The molecule has 54 heavy (non-hydrogen) atoms. The Morgan fingerprint density at radius 1 is 0.944 bits per heavy atom. The van der Waals surface area contributed by atoms with Gasteiger partial charge >= 0.3 is 0 Å².